The Morgan fingerprint density at radius 2 is 0.333 bits per heavy atom. The molecule has 0 N–H and O–H groups in total. The van der Waals surface area contributed by atoms with Crippen molar-refractivity contribution in [3.8, 4) is 0 Å². The molecule has 0 aromatic carbocycles. The molecule has 21 saturated carbocycles. The van der Waals surface area contributed by atoms with Crippen molar-refractivity contribution in [2.24, 2.45) is 109 Å². The Bertz CT molecular complexity index is 2450. The first-order valence-electron chi connectivity index (χ1n) is 41.0. The Morgan fingerprint density at radius 1 is 0.155 bits per heavy atom. The van der Waals surface area contributed by atoms with E-state index in [0.29, 0.717) is 86.6 Å². The summed E-state index contributed by atoms with van der Waals surface area (Å²) in [7, 11) is 0. The van der Waals surface area contributed by atoms with Gasteiger partial charge in [0.25, 0.3) is 0 Å². The lowest BCUT2D eigenvalue weighted by atomic mass is 9.12. The standard InChI is InChI=1S/C84H127/c1-22-64(23-1)66(26-3-27-66)68(30-5-31-68)70(34-7-35-70)72(38-9-39-72)74(42-11-43-74)76(46-13-47-76)78(50-15-51-78)80(54-17-55-80)82(58-19-59-82)84(62-21-63-84)83(60-20-61-83)81(56-18-57-81)79(52-16-53-79)77(48-14-49-77)75(44-12-45-75)73(40-10-41-73)71(36-8-37-71)69(32-6-33-69)67(28-4-29-67)65-24-2-25-65/h64H,1-63H2. The van der Waals surface area contributed by atoms with Gasteiger partial charge in [-0.1, -0.05) is 135 Å². The molecule has 1 radical (unpaired) electrons. The van der Waals surface area contributed by atoms with Crippen LogP contribution in [0.25, 0.3) is 0 Å². The van der Waals surface area contributed by atoms with Crippen LogP contribution in [0.2, 0.25) is 0 Å². The molecule has 21 fully saturated rings. The van der Waals surface area contributed by atoms with E-state index in [1.54, 1.807) is 405 Å². The minimum atomic E-state index is 0.673. The van der Waals surface area contributed by atoms with Crippen molar-refractivity contribution in [2.75, 3.05) is 0 Å². The highest BCUT2D eigenvalue weighted by atomic mass is 15.0. The monoisotopic (exact) mass is 1140 g/mol. The van der Waals surface area contributed by atoms with Crippen molar-refractivity contribution in [1.29, 1.82) is 0 Å². The maximum atomic E-state index is 2.17. The Hall–Kier alpha value is 0. The summed E-state index contributed by atoms with van der Waals surface area (Å²) < 4.78 is 0. The number of rotatable bonds is 20. The van der Waals surface area contributed by atoms with Gasteiger partial charge < -0.3 is 0 Å². The highest BCUT2D eigenvalue weighted by molar-refractivity contribution is 5.41. The van der Waals surface area contributed by atoms with Crippen LogP contribution in [0, 0.1) is 115 Å². The zero-order valence-electron chi connectivity index (χ0n) is 55.1. The van der Waals surface area contributed by atoms with Gasteiger partial charge in [0.15, 0.2) is 0 Å². The van der Waals surface area contributed by atoms with Crippen molar-refractivity contribution < 1.29 is 0 Å². The summed E-state index contributed by atoms with van der Waals surface area (Å²) in [6, 6.07) is 0. The van der Waals surface area contributed by atoms with Gasteiger partial charge in [0.2, 0.25) is 0 Å². The largest absolute Gasteiger partial charge is 0.0527 e. The first-order valence-corrected chi connectivity index (χ1v) is 41.0. The molecule has 84 heavy (non-hydrogen) atoms. The topological polar surface area (TPSA) is 0 Å². The van der Waals surface area contributed by atoms with Crippen LogP contribution >= 0.6 is 0 Å². The zero-order valence-corrected chi connectivity index (χ0v) is 55.1. The van der Waals surface area contributed by atoms with Crippen LogP contribution in [-0.4, -0.2) is 0 Å². The fourth-order valence-corrected chi connectivity index (χ4v) is 38.4. The average molecular weight is 1140 g/mol. The van der Waals surface area contributed by atoms with Gasteiger partial charge in [0.1, 0.15) is 0 Å². The van der Waals surface area contributed by atoms with E-state index in [1.807, 2.05) is 0 Å². The predicted molar refractivity (Wildman–Crippen MR) is 344 cm³/mol. The Morgan fingerprint density at radius 3 is 0.440 bits per heavy atom. The molecular formula is C84H127. The molecule has 0 heterocycles. The minimum Gasteiger partial charge on any atom is -0.0527 e. The van der Waals surface area contributed by atoms with Gasteiger partial charge in [-0.15, -0.1) is 0 Å². The second-order valence-electron chi connectivity index (χ2n) is 39.9. The molecule has 0 unspecified atom stereocenters. The third kappa shape index (κ3) is 4.71. The smallest absolute Gasteiger partial charge is 0.0173 e. The second-order valence-corrected chi connectivity index (χ2v) is 39.9. The predicted octanol–water partition coefficient (Wildman–Crippen LogP) is 24.8. The third-order valence-electron chi connectivity index (χ3n) is 43.0. The van der Waals surface area contributed by atoms with Gasteiger partial charge in [-0.2, -0.15) is 0 Å². The fourth-order valence-electron chi connectivity index (χ4n) is 38.4. The van der Waals surface area contributed by atoms with E-state index in [-0.39, 0.29) is 0 Å². The van der Waals surface area contributed by atoms with Gasteiger partial charge in [-0.25, -0.2) is 0 Å². The third-order valence-corrected chi connectivity index (χ3v) is 43.0. The molecule has 0 atom stereocenters. The molecule has 463 valence electrons. The average Bonchev–Trinajstić information content (AvgIpc) is 3.19. The molecule has 21 rings (SSSR count). The molecule has 0 aromatic rings. The molecule has 0 amide bonds. The summed E-state index contributed by atoms with van der Waals surface area (Å²) in [5.41, 5.74) is 13.2. The molecule has 21 aliphatic rings. The van der Waals surface area contributed by atoms with Crippen molar-refractivity contribution in [3.63, 3.8) is 0 Å². The zero-order chi connectivity index (χ0) is 55.2. The van der Waals surface area contributed by atoms with Crippen LogP contribution in [0.15, 0.2) is 0 Å². The van der Waals surface area contributed by atoms with E-state index in [9.17, 15) is 0 Å². The molecule has 0 bridgehead atoms. The van der Waals surface area contributed by atoms with E-state index in [0.717, 1.165) is 22.2 Å². The number of hydrogen-bond donors (Lipinski definition) is 0. The van der Waals surface area contributed by atoms with E-state index < -0.39 is 0 Å². The maximum absolute atomic E-state index is 2.17. The van der Waals surface area contributed by atoms with Crippen molar-refractivity contribution in [1.82, 2.24) is 0 Å². The normalized spacial score (nSPS) is 41.0. The van der Waals surface area contributed by atoms with E-state index in [2.05, 4.69) is 5.92 Å². The molecule has 0 nitrogen and oxygen atoms in total. The van der Waals surface area contributed by atoms with Gasteiger partial charge in [-0.05, 0) is 384 Å². The SMILES string of the molecule is C1C[C](C2(C3(C4(C5(C6(C7(C8(C9(C%10(C%11(C%12(C%13(C%14(C%15(C%16(C%17(C%18(C%19(C%20(C%21CCC%21)CCC%20)CCC%19)CCC%18)CCC%17)CCC%16)CCC%15)CCC%14)CCC%13)CCC%12)CCC%11)CCC%10)CCC9)CCC8)CCC7)CCC6)CCC5)CCC4)CCC3)CCC2)C1. The lowest BCUT2D eigenvalue weighted by Gasteiger charge is -2.92. The summed E-state index contributed by atoms with van der Waals surface area (Å²) in [5, 5.41) is 0. The van der Waals surface area contributed by atoms with Crippen LogP contribution in [0.3, 0.4) is 0 Å². The van der Waals surface area contributed by atoms with Gasteiger partial charge in [0, 0.05) is 0 Å². The Kier molecular flexibility index (Phi) is 10.6. The van der Waals surface area contributed by atoms with Crippen LogP contribution < -0.4 is 0 Å². The maximum Gasteiger partial charge on any atom is -0.0173 e. The first kappa shape index (κ1) is 53.5. The highest BCUT2D eigenvalue weighted by Crippen LogP contribution is 3.00. The first-order chi connectivity index (χ1) is 41.1. The van der Waals surface area contributed by atoms with E-state index in [4.69, 9.17) is 0 Å². The van der Waals surface area contributed by atoms with E-state index >= 15 is 0 Å². The van der Waals surface area contributed by atoms with Crippen LogP contribution in [0.1, 0.15) is 405 Å². The van der Waals surface area contributed by atoms with E-state index in [1.165, 1.54) is 0 Å². The molecule has 0 heteroatoms. The van der Waals surface area contributed by atoms with Crippen LogP contribution in [0.4, 0.5) is 0 Å². The van der Waals surface area contributed by atoms with Crippen LogP contribution in [0.5, 0.6) is 0 Å². The minimum absolute atomic E-state index is 0.673. The van der Waals surface area contributed by atoms with Crippen LogP contribution in [-0.2, 0) is 0 Å². The quantitative estimate of drug-likeness (QED) is 0.114. The molecule has 0 aliphatic heterocycles. The van der Waals surface area contributed by atoms with Gasteiger partial charge in [-0.3, -0.25) is 0 Å². The summed E-state index contributed by atoms with van der Waals surface area (Å²) in [6.45, 7) is 0. The molecule has 0 saturated heterocycles. The van der Waals surface area contributed by atoms with Crippen molar-refractivity contribution in [3.05, 3.63) is 5.92 Å². The van der Waals surface area contributed by atoms with Crippen molar-refractivity contribution in [2.45, 2.75) is 405 Å². The molecular weight excluding hydrogens is 1010 g/mol. The lowest BCUT2D eigenvalue weighted by Crippen LogP contribution is -2.84. The highest BCUT2D eigenvalue weighted by Gasteiger charge is 2.92. The fraction of sp³-hybridized carbons (Fsp3) is 0.988. The Balaban J connectivity index is 0.695. The number of hydrogen-bond acceptors (Lipinski definition) is 0. The molecule has 0 aromatic heterocycles. The van der Waals surface area contributed by atoms with Gasteiger partial charge in [0.05, 0.1) is 0 Å². The summed E-state index contributed by atoms with van der Waals surface area (Å²) in [5.74, 6) is 3.30. The Labute approximate surface area is 516 Å². The van der Waals surface area contributed by atoms with Crippen molar-refractivity contribution >= 4 is 0 Å². The lowest BCUT2D eigenvalue weighted by molar-refractivity contribution is -0.431. The van der Waals surface area contributed by atoms with Gasteiger partial charge >= 0.3 is 0 Å². The second kappa shape index (κ2) is 16.7. The molecule has 0 spiro atoms. The summed E-state index contributed by atoms with van der Waals surface area (Å²) >= 11 is 0. The molecule has 21 aliphatic carbocycles. The summed E-state index contributed by atoms with van der Waals surface area (Å²) in [6.07, 6.45) is 105. The summed E-state index contributed by atoms with van der Waals surface area (Å²) in [4.78, 5) is 0.